The third-order valence-electron chi connectivity index (χ3n) is 2.65. The lowest BCUT2D eigenvalue weighted by molar-refractivity contribution is -0.132. The van der Waals surface area contributed by atoms with Gasteiger partial charge in [0, 0.05) is 33.2 Å². The topological polar surface area (TPSA) is 55.6 Å². The van der Waals surface area contributed by atoms with Crippen LogP contribution in [0.3, 0.4) is 0 Å². The third-order valence-corrected chi connectivity index (χ3v) is 2.65. The first kappa shape index (κ1) is 15.4. The summed E-state index contributed by atoms with van der Waals surface area (Å²) < 4.78 is 4.94. The normalized spacial score (nSPS) is 11.6. The molecule has 0 spiro atoms. The summed E-state index contributed by atoms with van der Waals surface area (Å²) in [6.45, 7) is 8.87. The summed E-state index contributed by atoms with van der Waals surface area (Å²) >= 11 is 0. The zero-order valence-corrected chi connectivity index (χ0v) is 11.1. The van der Waals surface area contributed by atoms with E-state index in [2.05, 4.69) is 13.8 Å². The van der Waals surface area contributed by atoms with E-state index in [9.17, 15) is 4.79 Å². The van der Waals surface area contributed by atoms with Gasteiger partial charge in [0.25, 0.3) is 0 Å². The van der Waals surface area contributed by atoms with Crippen molar-refractivity contribution in [3.63, 3.8) is 0 Å². The number of nitrogens with zero attached hydrogens (tertiary/aromatic N) is 1. The van der Waals surface area contributed by atoms with Gasteiger partial charge >= 0.3 is 0 Å². The molecule has 0 aromatic carbocycles. The molecule has 0 heterocycles. The summed E-state index contributed by atoms with van der Waals surface area (Å²) in [4.78, 5) is 13.7. The van der Waals surface area contributed by atoms with Crippen LogP contribution < -0.4 is 5.73 Å². The van der Waals surface area contributed by atoms with E-state index in [-0.39, 0.29) is 11.3 Å². The number of rotatable bonds is 8. The molecule has 1 amide bonds. The van der Waals surface area contributed by atoms with Gasteiger partial charge in [-0.05, 0) is 25.3 Å². The van der Waals surface area contributed by atoms with Gasteiger partial charge in [-0.3, -0.25) is 4.79 Å². The van der Waals surface area contributed by atoms with Gasteiger partial charge in [-0.15, -0.1) is 0 Å². The molecule has 0 aromatic rings. The Hall–Kier alpha value is -0.610. The van der Waals surface area contributed by atoms with E-state index in [1.165, 1.54) is 0 Å². The van der Waals surface area contributed by atoms with Crippen molar-refractivity contribution in [2.24, 2.45) is 11.1 Å². The van der Waals surface area contributed by atoms with E-state index in [1.807, 2.05) is 11.8 Å². The van der Waals surface area contributed by atoms with Gasteiger partial charge in [-0.2, -0.15) is 0 Å². The molecule has 0 aliphatic heterocycles. The van der Waals surface area contributed by atoms with Crippen LogP contribution in [0.2, 0.25) is 0 Å². The molecule has 0 rings (SSSR count). The Morgan fingerprint density at radius 1 is 1.44 bits per heavy atom. The Morgan fingerprint density at radius 3 is 2.50 bits per heavy atom. The maximum Gasteiger partial charge on any atom is 0.222 e. The van der Waals surface area contributed by atoms with Crippen LogP contribution in [0, 0.1) is 5.41 Å². The zero-order chi connectivity index (χ0) is 12.6. The molecule has 4 heteroatoms. The number of amides is 1. The summed E-state index contributed by atoms with van der Waals surface area (Å²) in [5.74, 6) is 0.195. The van der Waals surface area contributed by atoms with E-state index < -0.39 is 0 Å². The fraction of sp³-hybridized carbons (Fsp3) is 0.917. The molecule has 0 atom stereocenters. The van der Waals surface area contributed by atoms with E-state index in [0.717, 1.165) is 19.5 Å². The average Bonchev–Trinajstić information content (AvgIpc) is 2.26. The fourth-order valence-corrected chi connectivity index (χ4v) is 1.48. The van der Waals surface area contributed by atoms with Crippen LogP contribution >= 0.6 is 0 Å². The van der Waals surface area contributed by atoms with Crippen molar-refractivity contribution >= 4 is 5.91 Å². The summed E-state index contributed by atoms with van der Waals surface area (Å²) in [6, 6.07) is 0. The maximum absolute atomic E-state index is 11.9. The number of hydrogen-bond acceptors (Lipinski definition) is 3. The van der Waals surface area contributed by atoms with E-state index in [1.54, 1.807) is 7.11 Å². The quantitative estimate of drug-likeness (QED) is 0.638. The van der Waals surface area contributed by atoms with Gasteiger partial charge in [0.2, 0.25) is 5.91 Å². The lowest BCUT2D eigenvalue weighted by Crippen LogP contribution is -2.41. The molecule has 0 fully saturated rings. The third kappa shape index (κ3) is 6.08. The molecule has 96 valence electrons. The number of methoxy groups -OCH3 is 1. The van der Waals surface area contributed by atoms with Crippen molar-refractivity contribution in [3.05, 3.63) is 0 Å². The largest absolute Gasteiger partial charge is 0.385 e. The highest BCUT2D eigenvalue weighted by atomic mass is 16.5. The minimum absolute atomic E-state index is 0.00702. The van der Waals surface area contributed by atoms with Crippen LogP contribution in [0.5, 0.6) is 0 Å². The summed E-state index contributed by atoms with van der Waals surface area (Å²) in [6.07, 6.45) is 1.34. The molecule has 0 saturated heterocycles. The second-order valence-electron chi connectivity index (χ2n) is 4.87. The highest BCUT2D eigenvalue weighted by Crippen LogP contribution is 2.15. The predicted octanol–water partition coefficient (Wildman–Crippen LogP) is 1.25. The first-order valence-electron chi connectivity index (χ1n) is 5.93. The molecule has 2 N–H and O–H groups in total. The van der Waals surface area contributed by atoms with Crippen LogP contribution in [0.25, 0.3) is 0 Å². The fourth-order valence-electron chi connectivity index (χ4n) is 1.48. The van der Waals surface area contributed by atoms with Crippen LogP contribution in [0.15, 0.2) is 0 Å². The Bertz CT molecular complexity index is 205. The van der Waals surface area contributed by atoms with Crippen molar-refractivity contribution in [1.29, 1.82) is 0 Å². The number of ether oxygens (including phenoxy) is 1. The van der Waals surface area contributed by atoms with Crippen LogP contribution in [-0.4, -0.2) is 44.2 Å². The number of hydrogen-bond donors (Lipinski definition) is 1. The Kier molecular flexibility index (Phi) is 7.34. The van der Waals surface area contributed by atoms with Crippen molar-refractivity contribution in [3.8, 4) is 0 Å². The monoisotopic (exact) mass is 230 g/mol. The molecule has 0 aliphatic carbocycles. The van der Waals surface area contributed by atoms with E-state index >= 15 is 0 Å². The van der Waals surface area contributed by atoms with Crippen LogP contribution in [0.4, 0.5) is 0 Å². The molecule has 0 bridgehead atoms. The number of carbonyl (C=O) groups excluding carboxylic acids is 1. The second-order valence-corrected chi connectivity index (χ2v) is 4.87. The predicted molar refractivity (Wildman–Crippen MR) is 66.2 cm³/mol. The van der Waals surface area contributed by atoms with Crippen molar-refractivity contribution in [2.75, 3.05) is 33.4 Å². The first-order valence-corrected chi connectivity index (χ1v) is 5.93. The molecule has 0 radical (unpaired) electrons. The van der Waals surface area contributed by atoms with Crippen LogP contribution in [-0.2, 0) is 9.53 Å². The lowest BCUT2D eigenvalue weighted by atomic mass is 9.93. The highest BCUT2D eigenvalue weighted by Gasteiger charge is 2.22. The molecule has 4 nitrogen and oxygen atoms in total. The van der Waals surface area contributed by atoms with Gasteiger partial charge in [0.15, 0.2) is 0 Å². The number of nitrogens with two attached hydrogens (primary N) is 1. The van der Waals surface area contributed by atoms with Gasteiger partial charge in [0.05, 0.1) is 0 Å². The number of carbonyl (C=O) groups is 1. The lowest BCUT2D eigenvalue weighted by Gasteiger charge is -2.31. The van der Waals surface area contributed by atoms with Gasteiger partial charge in [-0.1, -0.05) is 13.8 Å². The molecular formula is C12H26N2O2. The van der Waals surface area contributed by atoms with Gasteiger partial charge in [0.1, 0.15) is 0 Å². The Morgan fingerprint density at radius 2 is 2.06 bits per heavy atom. The molecule has 0 aromatic heterocycles. The molecule has 16 heavy (non-hydrogen) atoms. The summed E-state index contributed by atoms with van der Waals surface area (Å²) in [5.41, 5.74) is 5.67. The molecule has 0 aliphatic rings. The standard InChI is InChI=1S/C12H26N2O2/c1-5-14(10-12(2,3)9-13)11(15)7-6-8-16-4/h5-10,13H2,1-4H3. The molecule has 0 saturated carbocycles. The average molecular weight is 230 g/mol. The minimum Gasteiger partial charge on any atom is -0.385 e. The van der Waals surface area contributed by atoms with Crippen molar-refractivity contribution < 1.29 is 9.53 Å². The van der Waals surface area contributed by atoms with Crippen LogP contribution in [0.1, 0.15) is 33.6 Å². The van der Waals surface area contributed by atoms with Crippen molar-refractivity contribution in [1.82, 2.24) is 4.90 Å². The highest BCUT2D eigenvalue weighted by molar-refractivity contribution is 5.76. The molecular weight excluding hydrogens is 204 g/mol. The smallest absolute Gasteiger partial charge is 0.222 e. The Labute approximate surface area is 99.1 Å². The zero-order valence-electron chi connectivity index (χ0n) is 11.1. The SMILES string of the molecule is CCN(CC(C)(C)CN)C(=O)CCCOC. The van der Waals surface area contributed by atoms with Crippen molar-refractivity contribution in [2.45, 2.75) is 33.6 Å². The maximum atomic E-state index is 11.9. The van der Waals surface area contributed by atoms with E-state index in [0.29, 0.717) is 19.6 Å². The van der Waals surface area contributed by atoms with Gasteiger partial charge in [-0.25, -0.2) is 0 Å². The van der Waals surface area contributed by atoms with Gasteiger partial charge < -0.3 is 15.4 Å². The molecule has 0 unspecified atom stereocenters. The summed E-state index contributed by atoms with van der Waals surface area (Å²) in [5, 5.41) is 0. The second kappa shape index (κ2) is 7.63. The Balaban J connectivity index is 4.11. The minimum atomic E-state index is -0.00702. The first-order chi connectivity index (χ1) is 7.46. The van der Waals surface area contributed by atoms with E-state index in [4.69, 9.17) is 10.5 Å². The summed E-state index contributed by atoms with van der Waals surface area (Å²) in [7, 11) is 1.65.